The number of hydrogen-bond acceptors (Lipinski definition) is 4. The van der Waals surface area contributed by atoms with Gasteiger partial charge in [0.2, 0.25) is 15.9 Å². The lowest BCUT2D eigenvalue weighted by Gasteiger charge is -2.22. The Hall–Kier alpha value is -3.00. The van der Waals surface area contributed by atoms with Gasteiger partial charge >= 0.3 is 0 Å². The third kappa shape index (κ3) is 6.01. The molecule has 7 heteroatoms. The summed E-state index contributed by atoms with van der Waals surface area (Å²) in [5.41, 5.74) is 3.44. The van der Waals surface area contributed by atoms with Gasteiger partial charge < -0.3 is 10.4 Å². The minimum Gasteiger partial charge on any atom is -0.391 e. The third-order valence-electron chi connectivity index (χ3n) is 4.89. The topological polar surface area (TPSA) is 95.5 Å². The molecule has 31 heavy (non-hydrogen) atoms. The van der Waals surface area contributed by atoms with E-state index < -0.39 is 28.1 Å². The monoisotopic (exact) mass is 438 g/mol. The number of hydrogen-bond donors (Lipinski definition) is 3. The second kappa shape index (κ2) is 9.87. The van der Waals surface area contributed by atoms with E-state index in [1.54, 1.807) is 24.3 Å². The first-order chi connectivity index (χ1) is 14.8. The predicted octanol–water partition coefficient (Wildman–Crippen LogP) is 3.25. The molecule has 0 aromatic heterocycles. The molecule has 3 aromatic rings. The molecule has 2 atom stereocenters. The van der Waals surface area contributed by atoms with E-state index in [4.69, 9.17) is 0 Å². The highest BCUT2D eigenvalue weighted by molar-refractivity contribution is 7.89. The number of aliphatic hydroxyl groups excluding tert-OH is 1. The Morgan fingerprint density at radius 2 is 1.55 bits per heavy atom. The highest BCUT2D eigenvalue weighted by atomic mass is 32.2. The van der Waals surface area contributed by atoms with Crippen LogP contribution in [0.2, 0.25) is 0 Å². The molecule has 0 saturated heterocycles. The van der Waals surface area contributed by atoms with Crippen LogP contribution in [0, 0.1) is 6.92 Å². The molecular formula is C24H26N2O4S. The van der Waals surface area contributed by atoms with Gasteiger partial charge in [0, 0.05) is 5.69 Å². The van der Waals surface area contributed by atoms with E-state index in [-0.39, 0.29) is 4.90 Å². The van der Waals surface area contributed by atoms with Crippen LogP contribution in [0.1, 0.15) is 23.6 Å². The number of carbonyl (C=O) groups excluding carboxylic acids is 1. The van der Waals surface area contributed by atoms with E-state index in [9.17, 15) is 18.3 Å². The van der Waals surface area contributed by atoms with Crippen molar-refractivity contribution >= 4 is 21.6 Å². The second-order valence-electron chi connectivity index (χ2n) is 7.46. The molecule has 0 saturated carbocycles. The van der Waals surface area contributed by atoms with Gasteiger partial charge in [-0.05, 0) is 49.6 Å². The van der Waals surface area contributed by atoms with Gasteiger partial charge in [-0.1, -0.05) is 66.2 Å². The second-order valence-corrected chi connectivity index (χ2v) is 9.18. The Labute approximate surface area is 183 Å². The summed E-state index contributed by atoms with van der Waals surface area (Å²) < 4.78 is 27.8. The molecule has 3 N–H and O–H groups in total. The summed E-state index contributed by atoms with van der Waals surface area (Å²) in [5.74, 6) is -0.633. The van der Waals surface area contributed by atoms with Gasteiger partial charge in [0.15, 0.2) is 0 Å². The van der Waals surface area contributed by atoms with E-state index in [1.165, 1.54) is 19.1 Å². The summed E-state index contributed by atoms with van der Waals surface area (Å²) in [6.07, 6.45) is -0.632. The number of anilines is 1. The van der Waals surface area contributed by atoms with Crippen molar-refractivity contribution in [3.8, 4) is 0 Å². The molecule has 0 aliphatic heterocycles. The molecule has 2 unspecified atom stereocenters. The summed E-state index contributed by atoms with van der Waals surface area (Å²) in [5, 5.41) is 12.9. The highest BCUT2D eigenvalue weighted by Crippen LogP contribution is 2.20. The fourth-order valence-electron chi connectivity index (χ4n) is 3.15. The smallest absolute Gasteiger partial charge is 0.245 e. The molecule has 0 aliphatic rings. The highest BCUT2D eigenvalue weighted by Gasteiger charge is 2.30. The molecule has 0 radical (unpaired) electrons. The number of sulfonamides is 1. The Morgan fingerprint density at radius 3 is 2.19 bits per heavy atom. The molecule has 0 bridgehead atoms. The Kier molecular flexibility index (Phi) is 7.22. The predicted molar refractivity (Wildman–Crippen MR) is 121 cm³/mol. The third-order valence-corrected chi connectivity index (χ3v) is 6.35. The Morgan fingerprint density at radius 1 is 0.935 bits per heavy atom. The molecule has 3 aromatic carbocycles. The Bertz CT molecular complexity index is 1130. The van der Waals surface area contributed by atoms with Crippen LogP contribution in [-0.2, 0) is 21.2 Å². The zero-order chi connectivity index (χ0) is 22.4. The van der Waals surface area contributed by atoms with E-state index in [1.807, 2.05) is 49.4 Å². The first-order valence-electron chi connectivity index (χ1n) is 9.96. The van der Waals surface area contributed by atoms with Crippen LogP contribution in [-0.4, -0.2) is 31.6 Å². The van der Waals surface area contributed by atoms with E-state index >= 15 is 0 Å². The van der Waals surface area contributed by atoms with Gasteiger partial charge in [-0.2, -0.15) is 4.72 Å². The number of rotatable bonds is 8. The Balaban J connectivity index is 1.79. The zero-order valence-corrected chi connectivity index (χ0v) is 18.3. The minimum absolute atomic E-state index is 0.0287. The number of aliphatic hydroxyl groups is 1. The number of aryl methyl sites for hydroxylation is 1. The SMILES string of the molecule is Cc1ccc(S(=O)(=O)NC(C(=O)Nc2ccccc2Cc2ccccc2)C(C)O)cc1. The molecule has 0 heterocycles. The number of amides is 1. The van der Waals surface area contributed by atoms with Crippen LogP contribution in [0.5, 0.6) is 0 Å². The molecule has 0 fully saturated rings. The average molecular weight is 439 g/mol. The molecule has 0 spiro atoms. The van der Waals surface area contributed by atoms with Crippen LogP contribution in [0.25, 0.3) is 0 Å². The van der Waals surface area contributed by atoms with Crippen LogP contribution in [0.15, 0.2) is 83.8 Å². The molecule has 1 amide bonds. The lowest BCUT2D eigenvalue weighted by Crippen LogP contribution is -2.50. The van der Waals surface area contributed by atoms with Crippen molar-refractivity contribution in [1.82, 2.24) is 4.72 Å². The van der Waals surface area contributed by atoms with Crippen molar-refractivity contribution in [2.75, 3.05) is 5.32 Å². The van der Waals surface area contributed by atoms with Gasteiger partial charge in [0.1, 0.15) is 6.04 Å². The van der Waals surface area contributed by atoms with Crippen LogP contribution in [0.3, 0.4) is 0 Å². The van der Waals surface area contributed by atoms with Crippen molar-refractivity contribution < 1.29 is 18.3 Å². The van der Waals surface area contributed by atoms with Crippen molar-refractivity contribution in [1.29, 1.82) is 0 Å². The largest absolute Gasteiger partial charge is 0.391 e. The number of nitrogens with one attached hydrogen (secondary N) is 2. The summed E-state index contributed by atoms with van der Waals surface area (Å²) in [4.78, 5) is 13.0. The normalized spacial score (nSPS) is 13.4. The van der Waals surface area contributed by atoms with Crippen molar-refractivity contribution in [3.63, 3.8) is 0 Å². The first-order valence-corrected chi connectivity index (χ1v) is 11.4. The zero-order valence-electron chi connectivity index (χ0n) is 17.4. The maximum atomic E-state index is 12.9. The van der Waals surface area contributed by atoms with Crippen LogP contribution in [0.4, 0.5) is 5.69 Å². The van der Waals surface area contributed by atoms with E-state index in [0.29, 0.717) is 12.1 Å². The fourth-order valence-corrected chi connectivity index (χ4v) is 4.42. The van der Waals surface area contributed by atoms with Crippen molar-refractivity contribution in [2.24, 2.45) is 0 Å². The quantitative estimate of drug-likeness (QED) is 0.503. The van der Waals surface area contributed by atoms with Gasteiger partial charge in [0.25, 0.3) is 0 Å². The standard InChI is InChI=1S/C24H26N2O4S/c1-17-12-14-21(15-13-17)31(29,30)26-23(18(2)27)24(28)25-22-11-7-6-10-20(22)16-19-8-4-3-5-9-19/h3-15,18,23,26-27H,16H2,1-2H3,(H,25,28). The lowest BCUT2D eigenvalue weighted by molar-refractivity contribution is -0.119. The fraction of sp³-hybridized carbons (Fsp3) is 0.208. The molecular weight excluding hydrogens is 412 g/mol. The number of benzene rings is 3. The molecule has 162 valence electrons. The summed E-state index contributed by atoms with van der Waals surface area (Å²) in [6, 6.07) is 22.0. The minimum atomic E-state index is -3.99. The maximum Gasteiger partial charge on any atom is 0.245 e. The number of carbonyl (C=O) groups is 1. The maximum absolute atomic E-state index is 12.9. The van der Waals surface area contributed by atoms with Crippen molar-refractivity contribution in [2.45, 2.75) is 37.3 Å². The van der Waals surface area contributed by atoms with E-state index in [2.05, 4.69) is 10.0 Å². The van der Waals surface area contributed by atoms with E-state index in [0.717, 1.165) is 16.7 Å². The molecule has 0 aliphatic carbocycles. The van der Waals surface area contributed by atoms with Gasteiger partial charge in [0.05, 0.1) is 11.0 Å². The van der Waals surface area contributed by atoms with Gasteiger partial charge in [-0.3, -0.25) is 4.79 Å². The average Bonchev–Trinajstić information content (AvgIpc) is 2.74. The van der Waals surface area contributed by atoms with Crippen molar-refractivity contribution in [3.05, 3.63) is 95.6 Å². The van der Waals surface area contributed by atoms with Gasteiger partial charge in [-0.25, -0.2) is 8.42 Å². The summed E-state index contributed by atoms with van der Waals surface area (Å²) in [7, 11) is -3.99. The van der Waals surface area contributed by atoms with Gasteiger partial charge in [-0.15, -0.1) is 0 Å². The molecule has 3 rings (SSSR count). The molecule has 6 nitrogen and oxygen atoms in total. The summed E-state index contributed by atoms with van der Waals surface area (Å²) in [6.45, 7) is 3.22. The number of para-hydroxylation sites is 1. The lowest BCUT2D eigenvalue weighted by atomic mass is 10.0. The first kappa shape index (κ1) is 22.7. The summed E-state index contributed by atoms with van der Waals surface area (Å²) >= 11 is 0. The van der Waals surface area contributed by atoms with Crippen LogP contribution < -0.4 is 10.0 Å². The van der Waals surface area contributed by atoms with Crippen LogP contribution >= 0.6 is 0 Å².